The van der Waals surface area contributed by atoms with Gasteiger partial charge >= 0.3 is 6.03 Å². The van der Waals surface area contributed by atoms with E-state index in [0.717, 1.165) is 30.1 Å². The topological polar surface area (TPSA) is 41.1 Å². The van der Waals surface area contributed by atoms with E-state index in [4.69, 9.17) is 11.6 Å². The molecule has 1 aromatic rings. The number of benzene rings is 1. The van der Waals surface area contributed by atoms with Gasteiger partial charge in [0.15, 0.2) is 0 Å². The van der Waals surface area contributed by atoms with Gasteiger partial charge in [-0.05, 0) is 37.0 Å². The smallest absolute Gasteiger partial charge is 0.319 e. The Morgan fingerprint density at radius 3 is 2.80 bits per heavy atom. The maximum Gasteiger partial charge on any atom is 0.319 e. The number of hydrogen-bond acceptors (Lipinski definition) is 1. The van der Waals surface area contributed by atoms with Crippen LogP contribution < -0.4 is 10.6 Å². The average molecular weight is 295 g/mol. The molecule has 0 aromatic heterocycles. The predicted molar refractivity (Wildman–Crippen MR) is 84.4 cm³/mol. The molecule has 2 N–H and O–H groups in total. The Labute approximate surface area is 126 Å². The van der Waals surface area contributed by atoms with Gasteiger partial charge in [-0.3, -0.25) is 0 Å². The van der Waals surface area contributed by atoms with Gasteiger partial charge in [0.25, 0.3) is 0 Å². The van der Waals surface area contributed by atoms with Crippen LogP contribution >= 0.6 is 11.6 Å². The first-order valence-corrected chi connectivity index (χ1v) is 7.84. The molecule has 110 valence electrons. The summed E-state index contributed by atoms with van der Waals surface area (Å²) in [5, 5.41) is 6.46. The lowest BCUT2D eigenvalue weighted by molar-refractivity contribution is 0.250. The summed E-state index contributed by atoms with van der Waals surface area (Å²) in [6.45, 7) is 2.65. The summed E-state index contributed by atoms with van der Waals surface area (Å²) in [6.07, 6.45) is 7.78. The Morgan fingerprint density at radius 1 is 1.30 bits per heavy atom. The Balaban J connectivity index is 1.73. The zero-order chi connectivity index (χ0) is 14.4. The number of carbonyl (C=O) groups excluding carboxylic acids is 1. The van der Waals surface area contributed by atoms with Crippen LogP contribution in [0.3, 0.4) is 0 Å². The molecule has 0 aliphatic heterocycles. The molecule has 0 spiro atoms. The van der Waals surface area contributed by atoms with Crippen LogP contribution in [0.25, 0.3) is 0 Å². The number of rotatable bonds is 4. The number of amides is 2. The van der Waals surface area contributed by atoms with Gasteiger partial charge in [0.05, 0.1) is 0 Å². The fourth-order valence-electron chi connectivity index (χ4n) is 2.78. The van der Waals surface area contributed by atoms with Gasteiger partial charge in [0, 0.05) is 17.3 Å². The highest BCUT2D eigenvalue weighted by molar-refractivity contribution is 6.31. The average Bonchev–Trinajstić information content (AvgIpc) is 2.45. The first kappa shape index (κ1) is 15.2. The minimum atomic E-state index is -0.147. The molecule has 1 aliphatic rings. The minimum Gasteiger partial charge on any atom is -0.338 e. The lowest BCUT2D eigenvalue weighted by Crippen LogP contribution is -2.31. The van der Waals surface area contributed by atoms with Crippen LogP contribution in [0, 0.1) is 12.8 Å². The maximum atomic E-state index is 11.9. The van der Waals surface area contributed by atoms with Crippen molar-refractivity contribution in [1.82, 2.24) is 5.32 Å². The summed E-state index contributed by atoms with van der Waals surface area (Å²) in [7, 11) is 0. The lowest BCUT2D eigenvalue weighted by Gasteiger charge is -2.21. The second kappa shape index (κ2) is 7.53. The Hall–Kier alpha value is -1.22. The molecule has 2 rings (SSSR count). The molecule has 0 bridgehead atoms. The molecule has 20 heavy (non-hydrogen) atoms. The van der Waals surface area contributed by atoms with E-state index in [1.54, 1.807) is 0 Å². The summed E-state index contributed by atoms with van der Waals surface area (Å²) < 4.78 is 0. The van der Waals surface area contributed by atoms with Gasteiger partial charge in [0.1, 0.15) is 0 Å². The van der Waals surface area contributed by atoms with Crippen LogP contribution in [0.15, 0.2) is 18.2 Å². The molecule has 1 saturated carbocycles. The third kappa shape index (κ3) is 4.41. The van der Waals surface area contributed by atoms with E-state index < -0.39 is 0 Å². The molecule has 0 radical (unpaired) electrons. The first-order chi connectivity index (χ1) is 9.66. The molecule has 0 unspecified atom stereocenters. The number of urea groups is 1. The van der Waals surface area contributed by atoms with Crippen molar-refractivity contribution in [3.8, 4) is 0 Å². The van der Waals surface area contributed by atoms with Gasteiger partial charge in [0.2, 0.25) is 0 Å². The largest absolute Gasteiger partial charge is 0.338 e. The summed E-state index contributed by atoms with van der Waals surface area (Å²) in [5.74, 6) is 0.789. The molecule has 4 heteroatoms. The number of hydrogen-bond donors (Lipinski definition) is 2. The van der Waals surface area contributed by atoms with Gasteiger partial charge in [-0.15, -0.1) is 0 Å². The molecule has 0 saturated heterocycles. The van der Waals surface area contributed by atoms with Crippen molar-refractivity contribution in [2.75, 3.05) is 11.9 Å². The van der Waals surface area contributed by atoms with Crippen molar-refractivity contribution in [3.63, 3.8) is 0 Å². The van der Waals surface area contributed by atoms with Gasteiger partial charge in [-0.1, -0.05) is 49.8 Å². The standard InChI is InChI=1S/C16H23ClN2O/c1-12-14(17)8-5-9-15(12)19-16(20)18-11-10-13-6-3-2-4-7-13/h5,8-9,13H,2-4,6-7,10-11H2,1H3,(H2,18,19,20). The Kier molecular flexibility index (Phi) is 5.72. The van der Waals surface area contributed by atoms with E-state index in [-0.39, 0.29) is 6.03 Å². The van der Waals surface area contributed by atoms with Crippen LogP contribution in [0.5, 0.6) is 0 Å². The van der Waals surface area contributed by atoms with Crippen molar-refractivity contribution in [2.24, 2.45) is 5.92 Å². The second-order valence-electron chi connectivity index (χ2n) is 5.59. The second-order valence-corrected chi connectivity index (χ2v) is 5.99. The molecule has 0 atom stereocenters. The fourth-order valence-corrected chi connectivity index (χ4v) is 2.95. The van der Waals surface area contributed by atoms with Crippen molar-refractivity contribution < 1.29 is 4.79 Å². The number of halogens is 1. The fraction of sp³-hybridized carbons (Fsp3) is 0.562. The Morgan fingerprint density at radius 2 is 2.05 bits per heavy atom. The summed E-state index contributed by atoms with van der Waals surface area (Å²) in [6, 6.07) is 5.38. The van der Waals surface area contributed by atoms with Gasteiger partial charge < -0.3 is 10.6 Å². The van der Waals surface area contributed by atoms with E-state index in [1.807, 2.05) is 25.1 Å². The zero-order valence-electron chi connectivity index (χ0n) is 12.0. The van der Waals surface area contributed by atoms with Gasteiger partial charge in [-0.2, -0.15) is 0 Å². The molecular weight excluding hydrogens is 272 g/mol. The highest BCUT2D eigenvalue weighted by Crippen LogP contribution is 2.26. The van der Waals surface area contributed by atoms with Crippen LogP contribution in [0.1, 0.15) is 44.1 Å². The van der Waals surface area contributed by atoms with E-state index in [0.29, 0.717) is 5.02 Å². The van der Waals surface area contributed by atoms with Crippen molar-refractivity contribution in [2.45, 2.75) is 45.4 Å². The number of carbonyl (C=O) groups is 1. The lowest BCUT2D eigenvalue weighted by atomic mass is 9.87. The molecule has 2 amide bonds. The zero-order valence-corrected chi connectivity index (χ0v) is 12.8. The van der Waals surface area contributed by atoms with Crippen molar-refractivity contribution in [1.29, 1.82) is 0 Å². The molecule has 1 aromatic carbocycles. The summed E-state index contributed by atoms with van der Waals surface area (Å²) in [4.78, 5) is 11.9. The maximum absolute atomic E-state index is 11.9. The molecule has 1 aliphatic carbocycles. The van der Waals surface area contributed by atoms with Crippen molar-refractivity contribution in [3.05, 3.63) is 28.8 Å². The van der Waals surface area contributed by atoms with Crippen molar-refractivity contribution >= 4 is 23.3 Å². The van der Waals surface area contributed by atoms with Crippen LogP contribution in [-0.2, 0) is 0 Å². The normalized spacial score (nSPS) is 15.9. The highest BCUT2D eigenvalue weighted by atomic mass is 35.5. The van der Waals surface area contributed by atoms with Crippen LogP contribution in [-0.4, -0.2) is 12.6 Å². The third-order valence-electron chi connectivity index (χ3n) is 4.08. The SMILES string of the molecule is Cc1c(Cl)cccc1NC(=O)NCCC1CCCCC1. The summed E-state index contributed by atoms with van der Waals surface area (Å²) in [5.41, 5.74) is 1.67. The van der Waals surface area contributed by atoms with E-state index in [1.165, 1.54) is 32.1 Å². The molecule has 3 nitrogen and oxygen atoms in total. The first-order valence-electron chi connectivity index (χ1n) is 7.47. The van der Waals surface area contributed by atoms with Crippen LogP contribution in [0.2, 0.25) is 5.02 Å². The predicted octanol–water partition coefficient (Wildman–Crippen LogP) is 4.74. The highest BCUT2D eigenvalue weighted by Gasteiger charge is 2.13. The summed E-state index contributed by atoms with van der Waals surface area (Å²) >= 11 is 6.03. The van der Waals surface area contributed by atoms with Crippen LogP contribution in [0.4, 0.5) is 10.5 Å². The van der Waals surface area contributed by atoms with E-state index >= 15 is 0 Å². The third-order valence-corrected chi connectivity index (χ3v) is 4.49. The minimum absolute atomic E-state index is 0.147. The quantitative estimate of drug-likeness (QED) is 0.827. The monoisotopic (exact) mass is 294 g/mol. The van der Waals surface area contributed by atoms with E-state index in [2.05, 4.69) is 10.6 Å². The Bertz CT molecular complexity index is 456. The number of nitrogens with one attached hydrogen (secondary N) is 2. The number of anilines is 1. The van der Waals surface area contributed by atoms with Gasteiger partial charge in [-0.25, -0.2) is 4.79 Å². The van der Waals surface area contributed by atoms with E-state index in [9.17, 15) is 4.79 Å². The molecule has 1 fully saturated rings. The molecular formula is C16H23ClN2O. The molecule has 0 heterocycles.